The van der Waals surface area contributed by atoms with Gasteiger partial charge in [-0.1, -0.05) is 0 Å². The van der Waals surface area contributed by atoms with Crippen LogP contribution < -0.4 is 5.32 Å². The molecule has 0 saturated carbocycles. The van der Waals surface area contributed by atoms with Crippen molar-refractivity contribution in [1.29, 1.82) is 0 Å². The number of carbonyl (C=O) groups excluding carboxylic acids is 1. The molecule has 0 saturated heterocycles. The first kappa shape index (κ1) is 15.0. The summed E-state index contributed by atoms with van der Waals surface area (Å²) >= 11 is 0. The summed E-state index contributed by atoms with van der Waals surface area (Å²) in [6, 6.07) is 8.19. The van der Waals surface area contributed by atoms with Gasteiger partial charge in [-0.05, 0) is 29.8 Å². The van der Waals surface area contributed by atoms with E-state index in [9.17, 15) is 9.18 Å². The van der Waals surface area contributed by atoms with Crippen LogP contribution in [-0.4, -0.2) is 30.6 Å². The number of H-pyrrole nitrogens is 1. The van der Waals surface area contributed by atoms with Crippen LogP contribution in [0.1, 0.15) is 15.9 Å². The number of nitrogens with one attached hydrogen (secondary N) is 2. The highest BCUT2D eigenvalue weighted by Crippen LogP contribution is 2.19. The van der Waals surface area contributed by atoms with Gasteiger partial charge in [0.15, 0.2) is 5.82 Å². The molecule has 0 bridgehead atoms. The van der Waals surface area contributed by atoms with Crippen LogP contribution in [-0.2, 0) is 6.54 Å². The number of amides is 1. The maximum absolute atomic E-state index is 14.1. The first-order valence-electron chi connectivity index (χ1n) is 7.56. The minimum Gasteiger partial charge on any atom is -0.345 e. The zero-order valence-electron chi connectivity index (χ0n) is 13.0. The lowest BCUT2D eigenvalue weighted by atomic mass is 10.1. The number of nitrogens with zero attached hydrogens (tertiary/aromatic N) is 4. The minimum atomic E-state index is -0.631. The summed E-state index contributed by atoms with van der Waals surface area (Å²) in [5.74, 6) is -0.885. The minimum absolute atomic E-state index is 0.109. The van der Waals surface area contributed by atoms with Crippen LogP contribution in [0.25, 0.3) is 11.0 Å². The molecule has 1 aromatic carbocycles. The lowest BCUT2D eigenvalue weighted by Crippen LogP contribution is -2.15. The van der Waals surface area contributed by atoms with E-state index in [0.29, 0.717) is 17.9 Å². The average molecular weight is 336 g/mol. The monoisotopic (exact) mass is 336 g/mol. The molecule has 0 radical (unpaired) electrons. The van der Waals surface area contributed by atoms with Gasteiger partial charge in [0, 0.05) is 24.7 Å². The van der Waals surface area contributed by atoms with E-state index in [1.54, 1.807) is 29.3 Å². The molecule has 0 fully saturated rings. The number of pyridine rings is 1. The van der Waals surface area contributed by atoms with Crippen molar-refractivity contribution in [3.05, 3.63) is 72.2 Å². The molecule has 3 heterocycles. The third-order valence-electron chi connectivity index (χ3n) is 3.74. The number of carbonyl (C=O) groups is 1. The third kappa shape index (κ3) is 2.97. The number of halogens is 1. The van der Waals surface area contributed by atoms with E-state index in [0.717, 1.165) is 5.56 Å². The Balaban J connectivity index is 1.55. The van der Waals surface area contributed by atoms with E-state index in [1.807, 2.05) is 12.1 Å². The number of imidazole rings is 1. The van der Waals surface area contributed by atoms with Crippen molar-refractivity contribution in [1.82, 2.24) is 24.7 Å². The van der Waals surface area contributed by atoms with Crippen LogP contribution in [0.15, 0.2) is 55.2 Å². The van der Waals surface area contributed by atoms with Crippen molar-refractivity contribution < 1.29 is 9.18 Å². The van der Waals surface area contributed by atoms with Crippen molar-refractivity contribution in [2.24, 2.45) is 0 Å². The SMILES string of the molecule is O=C(Nc1ccn(Cc2ccncc2)n1)c1c(F)ccc2[nH]cnc12. The molecule has 4 rings (SSSR count). The van der Waals surface area contributed by atoms with Crippen molar-refractivity contribution in [3.63, 3.8) is 0 Å². The average Bonchev–Trinajstić information content (AvgIpc) is 3.25. The molecular formula is C17H13FN6O. The molecule has 3 aromatic heterocycles. The third-order valence-corrected chi connectivity index (χ3v) is 3.74. The summed E-state index contributed by atoms with van der Waals surface area (Å²) in [5, 5.41) is 6.89. The second-order valence-electron chi connectivity index (χ2n) is 5.43. The smallest absolute Gasteiger partial charge is 0.262 e. The first-order valence-corrected chi connectivity index (χ1v) is 7.56. The quantitative estimate of drug-likeness (QED) is 0.599. The zero-order chi connectivity index (χ0) is 17.2. The molecule has 0 spiro atoms. The van der Waals surface area contributed by atoms with E-state index in [1.165, 1.54) is 18.5 Å². The molecule has 0 atom stereocenters. The van der Waals surface area contributed by atoms with Gasteiger partial charge in [-0.2, -0.15) is 5.10 Å². The standard InChI is InChI=1S/C17H13FN6O/c18-12-1-2-13-16(21-10-20-13)15(12)17(25)22-14-5-8-24(23-14)9-11-3-6-19-7-4-11/h1-8,10H,9H2,(H,20,21)(H,22,23,25). The van der Waals surface area contributed by atoms with Gasteiger partial charge in [0.1, 0.15) is 16.9 Å². The predicted octanol–water partition coefficient (Wildman–Crippen LogP) is 2.59. The summed E-state index contributed by atoms with van der Waals surface area (Å²) in [4.78, 5) is 23.3. The van der Waals surface area contributed by atoms with Crippen LogP contribution in [0, 0.1) is 5.82 Å². The van der Waals surface area contributed by atoms with E-state index in [2.05, 4.69) is 25.4 Å². The van der Waals surface area contributed by atoms with Crippen LogP contribution in [0.4, 0.5) is 10.2 Å². The highest BCUT2D eigenvalue weighted by molar-refractivity contribution is 6.11. The van der Waals surface area contributed by atoms with Gasteiger partial charge in [-0.15, -0.1) is 0 Å². The zero-order valence-corrected chi connectivity index (χ0v) is 13.0. The Morgan fingerprint density at radius 2 is 2.04 bits per heavy atom. The highest BCUT2D eigenvalue weighted by Gasteiger charge is 2.18. The molecule has 0 aliphatic heterocycles. The Kier molecular flexibility index (Phi) is 3.70. The van der Waals surface area contributed by atoms with Crippen LogP contribution in [0.5, 0.6) is 0 Å². The van der Waals surface area contributed by atoms with Crippen LogP contribution in [0.2, 0.25) is 0 Å². The Bertz CT molecular complexity index is 1040. The summed E-state index contributed by atoms with van der Waals surface area (Å²) in [6.07, 6.45) is 6.56. The number of hydrogen-bond acceptors (Lipinski definition) is 4. The second-order valence-corrected chi connectivity index (χ2v) is 5.43. The lowest BCUT2D eigenvalue weighted by Gasteiger charge is -2.05. The number of fused-ring (bicyclic) bond motifs is 1. The van der Waals surface area contributed by atoms with E-state index in [4.69, 9.17) is 0 Å². The highest BCUT2D eigenvalue weighted by atomic mass is 19.1. The van der Waals surface area contributed by atoms with Crippen molar-refractivity contribution >= 4 is 22.8 Å². The van der Waals surface area contributed by atoms with Crippen LogP contribution >= 0.6 is 0 Å². The molecule has 0 unspecified atom stereocenters. The molecule has 4 aromatic rings. The van der Waals surface area contributed by atoms with Crippen LogP contribution in [0.3, 0.4) is 0 Å². The fraction of sp³-hybridized carbons (Fsp3) is 0.0588. The summed E-state index contributed by atoms with van der Waals surface area (Å²) in [7, 11) is 0. The maximum atomic E-state index is 14.1. The van der Waals surface area contributed by atoms with E-state index >= 15 is 0 Å². The number of benzene rings is 1. The molecule has 1 amide bonds. The number of anilines is 1. The van der Waals surface area contributed by atoms with Gasteiger partial charge in [0.25, 0.3) is 5.91 Å². The molecule has 8 heteroatoms. The first-order chi connectivity index (χ1) is 12.2. The van der Waals surface area contributed by atoms with Gasteiger partial charge in [0.2, 0.25) is 0 Å². The molecule has 124 valence electrons. The van der Waals surface area contributed by atoms with Crippen molar-refractivity contribution in [2.45, 2.75) is 6.54 Å². The van der Waals surface area contributed by atoms with Gasteiger partial charge in [-0.3, -0.25) is 14.5 Å². The fourth-order valence-electron chi connectivity index (χ4n) is 2.57. The number of rotatable bonds is 4. The molecule has 7 nitrogen and oxygen atoms in total. The van der Waals surface area contributed by atoms with Gasteiger partial charge < -0.3 is 10.3 Å². The van der Waals surface area contributed by atoms with Crippen molar-refractivity contribution in [2.75, 3.05) is 5.32 Å². The normalized spacial score (nSPS) is 10.9. The number of aromatic amines is 1. The molecule has 0 aliphatic rings. The molecule has 0 aliphatic carbocycles. The second kappa shape index (κ2) is 6.16. The number of hydrogen-bond donors (Lipinski definition) is 2. The Labute approximate surface area is 141 Å². The topological polar surface area (TPSA) is 88.5 Å². The number of aromatic nitrogens is 5. The molecule has 25 heavy (non-hydrogen) atoms. The van der Waals surface area contributed by atoms with E-state index in [-0.39, 0.29) is 11.1 Å². The molecule has 2 N–H and O–H groups in total. The Morgan fingerprint density at radius 3 is 2.88 bits per heavy atom. The Morgan fingerprint density at radius 1 is 1.20 bits per heavy atom. The summed E-state index contributed by atoms with van der Waals surface area (Å²) < 4.78 is 15.8. The predicted molar refractivity (Wildman–Crippen MR) is 89.6 cm³/mol. The fourth-order valence-corrected chi connectivity index (χ4v) is 2.57. The Hall–Kier alpha value is -3.55. The van der Waals surface area contributed by atoms with Gasteiger partial charge >= 0.3 is 0 Å². The lowest BCUT2D eigenvalue weighted by molar-refractivity contribution is 0.102. The largest absolute Gasteiger partial charge is 0.345 e. The van der Waals surface area contributed by atoms with E-state index < -0.39 is 11.7 Å². The van der Waals surface area contributed by atoms with Gasteiger partial charge in [0.05, 0.1) is 18.4 Å². The summed E-state index contributed by atoms with van der Waals surface area (Å²) in [5.41, 5.74) is 1.80. The van der Waals surface area contributed by atoms with Gasteiger partial charge in [-0.25, -0.2) is 9.37 Å². The van der Waals surface area contributed by atoms with Crippen molar-refractivity contribution in [3.8, 4) is 0 Å². The molecular weight excluding hydrogens is 323 g/mol. The summed E-state index contributed by atoms with van der Waals surface area (Å²) in [6.45, 7) is 0.543. The maximum Gasteiger partial charge on any atom is 0.262 e.